The first-order valence-corrected chi connectivity index (χ1v) is 9.54. The highest BCUT2D eigenvalue weighted by atomic mass is 79.9. The zero-order chi connectivity index (χ0) is 14.4. The lowest BCUT2D eigenvalue weighted by atomic mass is 10.2. The summed E-state index contributed by atoms with van der Waals surface area (Å²) in [6, 6.07) is 12.8. The summed E-state index contributed by atoms with van der Waals surface area (Å²) in [6.45, 7) is 3.21. The summed E-state index contributed by atoms with van der Waals surface area (Å²) in [5, 5.41) is 3.60. The maximum Gasteiger partial charge on any atom is 0.0931 e. The monoisotopic (exact) mass is 389 g/mol. The Hall–Kier alpha value is -0.0000000000000000278. The van der Waals surface area contributed by atoms with Crippen molar-refractivity contribution in [2.24, 2.45) is 0 Å². The third kappa shape index (κ3) is 4.78. The van der Waals surface area contributed by atoms with Crippen molar-refractivity contribution >= 4 is 50.6 Å². The lowest BCUT2D eigenvalue weighted by Crippen LogP contribution is -2.23. The summed E-state index contributed by atoms with van der Waals surface area (Å²) >= 11 is 13.2. The zero-order valence-electron chi connectivity index (χ0n) is 11.2. The van der Waals surface area contributed by atoms with Crippen molar-refractivity contribution < 1.29 is 0 Å². The fourth-order valence-electron chi connectivity index (χ4n) is 1.81. The molecule has 1 unspecified atom stereocenters. The van der Waals surface area contributed by atoms with E-state index >= 15 is 0 Å². The van der Waals surface area contributed by atoms with Gasteiger partial charge in [0, 0.05) is 20.0 Å². The SMILES string of the molecule is CCCNC(CSc1ccccc1Br)c1ccc(Cl)s1. The van der Waals surface area contributed by atoms with Gasteiger partial charge >= 0.3 is 0 Å². The van der Waals surface area contributed by atoms with Crippen LogP contribution in [0.4, 0.5) is 0 Å². The van der Waals surface area contributed by atoms with E-state index in [-0.39, 0.29) is 0 Å². The third-order valence-corrected chi connectivity index (χ3v) is 6.29. The van der Waals surface area contributed by atoms with Crippen LogP contribution >= 0.6 is 50.6 Å². The topological polar surface area (TPSA) is 12.0 Å². The molecule has 0 aliphatic carbocycles. The minimum atomic E-state index is 0.351. The van der Waals surface area contributed by atoms with Crippen LogP contribution in [-0.4, -0.2) is 12.3 Å². The van der Waals surface area contributed by atoms with E-state index in [1.807, 2.05) is 23.9 Å². The Kier molecular flexibility index (Phi) is 6.91. The third-order valence-electron chi connectivity index (χ3n) is 2.82. The second-order valence-electron chi connectivity index (χ2n) is 4.39. The number of thioether (sulfide) groups is 1. The Bertz CT molecular complexity index is 544. The molecule has 1 aromatic heterocycles. The average Bonchev–Trinajstić information content (AvgIpc) is 2.87. The molecule has 1 N–H and O–H groups in total. The Morgan fingerprint density at radius 2 is 2.10 bits per heavy atom. The molecule has 0 aliphatic heterocycles. The Morgan fingerprint density at radius 1 is 1.30 bits per heavy atom. The minimum Gasteiger partial charge on any atom is -0.309 e. The number of rotatable bonds is 7. The van der Waals surface area contributed by atoms with Crippen molar-refractivity contribution in [2.45, 2.75) is 24.3 Å². The maximum atomic E-state index is 6.06. The molecule has 0 fully saturated rings. The van der Waals surface area contributed by atoms with Crippen LogP contribution in [0.15, 0.2) is 45.8 Å². The van der Waals surface area contributed by atoms with Gasteiger partial charge in [0.1, 0.15) is 0 Å². The quantitative estimate of drug-likeness (QED) is 0.582. The van der Waals surface area contributed by atoms with Crippen LogP contribution in [0.3, 0.4) is 0 Å². The number of thiophene rings is 1. The molecule has 0 saturated heterocycles. The molecule has 1 nitrogen and oxygen atoms in total. The summed E-state index contributed by atoms with van der Waals surface area (Å²) in [6.07, 6.45) is 1.13. The first kappa shape index (κ1) is 16.4. The molecule has 108 valence electrons. The van der Waals surface area contributed by atoms with E-state index in [2.05, 4.69) is 52.4 Å². The van der Waals surface area contributed by atoms with Gasteiger partial charge in [-0.25, -0.2) is 0 Å². The molecule has 0 bridgehead atoms. The molecule has 0 aliphatic rings. The van der Waals surface area contributed by atoms with Crippen molar-refractivity contribution in [3.05, 3.63) is 50.1 Å². The fourth-order valence-corrected chi connectivity index (χ4v) is 4.71. The summed E-state index contributed by atoms with van der Waals surface area (Å²) in [5.41, 5.74) is 0. The normalized spacial score (nSPS) is 12.6. The van der Waals surface area contributed by atoms with Crippen LogP contribution in [-0.2, 0) is 0 Å². The van der Waals surface area contributed by atoms with Crippen molar-refractivity contribution in [1.82, 2.24) is 5.32 Å². The van der Waals surface area contributed by atoms with Gasteiger partial charge in [0.05, 0.1) is 10.4 Å². The van der Waals surface area contributed by atoms with Gasteiger partial charge in [-0.15, -0.1) is 23.1 Å². The van der Waals surface area contributed by atoms with Crippen LogP contribution in [0.5, 0.6) is 0 Å². The number of nitrogens with one attached hydrogen (secondary N) is 1. The largest absolute Gasteiger partial charge is 0.309 e. The van der Waals surface area contributed by atoms with E-state index in [9.17, 15) is 0 Å². The predicted octanol–water partition coefficient (Wildman–Crippen LogP) is 6.00. The van der Waals surface area contributed by atoms with E-state index < -0.39 is 0 Å². The average molecular weight is 391 g/mol. The van der Waals surface area contributed by atoms with Gasteiger partial charge in [0.15, 0.2) is 0 Å². The molecule has 1 aromatic carbocycles. The van der Waals surface area contributed by atoms with Crippen molar-refractivity contribution in [2.75, 3.05) is 12.3 Å². The highest BCUT2D eigenvalue weighted by Gasteiger charge is 2.14. The molecule has 1 atom stereocenters. The van der Waals surface area contributed by atoms with Crippen LogP contribution < -0.4 is 5.32 Å². The summed E-state index contributed by atoms with van der Waals surface area (Å²) < 4.78 is 2.01. The van der Waals surface area contributed by atoms with Gasteiger partial charge in [-0.1, -0.05) is 30.7 Å². The Morgan fingerprint density at radius 3 is 2.75 bits per heavy atom. The highest BCUT2D eigenvalue weighted by molar-refractivity contribution is 9.10. The molecule has 2 rings (SSSR count). The molecule has 5 heteroatoms. The molecule has 2 aromatic rings. The van der Waals surface area contributed by atoms with Crippen LogP contribution in [0, 0.1) is 0 Å². The Labute approximate surface area is 142 Å². The molecular formula is C15H17BrClNS2. The molecule has 0 spiro atoms. The van der Waals surface area contributed by atoms with Crippen LogP contribution in [0.25, 0.3) is 0 Å². The molecule has 20 heavy (non-hydrogen) atoms. The van der Waals surface area contributed by atoms with Crippen LogP contribution in [0.2, 0.25) is 4.34 Å². The van der Waals surface area contributed by atoms with E-state index in [0.717, 1.165) is 27.5 Å². The molecular weight excluding hydrogens is 374 g/mol. The number of benzene rings is 1. The van der Waals surface area contributed by atoms with Gasteiger partial charge in [0.25, 0.3) is 0 Å². The standard InChI is InChI=1S/C15H17BrClNS2/c1-2-9-18-12(14-7-8-15(17)20-14)10-19-13-6-4-3-5-11(13)16/h3-8,12,18H,2,9-10H2,1H3. The second-order valence-corrected chi connectivity index (χ2v) is 8.05. The van der Waals surface area contributed by atoms with E-state index in [4.69, 9.17) is 11.6 Å². The summed E-state index contributed by atoms with van der Waals surface area (Å²) in [5.74, 6) is 0.999. The van der Waals surface area contributed by atoms with Crippen molar-refractivity contribution in [1.29, 1.82) is 0 Å². The predicted molar refractivity (Wildman–Crippen MR) is 95.2 cm³/mol. The lowest BCUT2D eigenvalue weighted by molar-refractivity contribution is 0.585. The van der Waals surface area contributed by atoms with Gasteiger partial charge in [0.2, 0.25) is 0 Å². The number of halogens is 2. The molecule has 1 heterocycles. The lowest BCUT2D eigenvalue weighted by Gasteiger charge is -2.17. The molecule has 0 amide bonds. The second kappa shape index (κ2) is 8.44. The van der Waals surface area contributed by atoms with Gasteiger partial charge in [-0.3, -0.25) is 0 Å². The van der Waals surface area contributed by atoms with Gasteiger partial charge < -0.3 is 5.32 Å². The van der Waals surface area contributed by atoms with Crippen LogP contribution in [0.1, 0.15) is 24.3 Å². The van der Waals surface area contributed by atoms with Crippen molar-refractivity contribution in [3.63, 3.8) is 0 Å². The van der Waals surface area contributed by atoms with Gasteiger partial charge in [-0.2, -0.15) is 0 Å². The van der Waals surface area contributed by atoms with E-state index in [1.54, 1.807) is 11.3 Å². The minimum absolute atomic E-state index is 0.351. The number of hydrogen-bond acceptors (Lipinski definition) is 3. The summed E-state index contributed by atoms with van der Waals surface area (Å²) in [7, 11) is 0. The summed E-state index contributed by atoms with van der Waals surface area (Å²) in [4.78, 5) is 2.58. The number of hydrogen-bond donors (Lipinski definition) is 1. The smallest absolute Gasteiger partial charge is 0.0931 e. The molecule has 0 radical (unpaired) electrons. The first-order chi connectivity index (χ1) is 9.70. The van der Waals surface area contributed by atoms with E-state index in [1.165, 1.54) is 9.77 Å². The maximum absolute atomic E-state index is 6.06. The van der Waals surface area contributed by atoms with Crippen molar-refractivity contribution in [3.8, 4) is 0 Å². The first-order valence-electron chi connectivity index (χ1n) is 6.56. The highest BCUT2D eigenvalue weighted by Crippen LogP contribution is 2.33. The molecule has 0 saturated carbocycles. The van der Waals surface area contributed by atoms with E-state index in [0.29, 0.717) is 6.04 Å². The Balaban J connectivity index is 2.03. The zero-order valence-corrected chi connectivity index (χ0v) is 15.2. The fraction of sp³-hybridized carbons (Fsp3) is 0.333. The van der Waals surface area contributed by atoms with Gasteiger partial charge in [-0.05, 0) is 53.2 Å².